The summed E-state index contributed by atoms with van der Waals surface area (Å²) in [6, 6.07) is 6.83. The van der Waals surface area contributed by atoms with E-state index in [0.29, 0.717) is 19.0 Å². The lowest BCUT2D eigenvalue weighted by Gasteiger charge is -2.27. The molecule has 0 aromatic heterocycles. The summed E-state index contributed by atoms with van der Waals surface area (Å²) in [5.41, 5.74) is 0.908. The van der Waals surface area contributed by atoms with E-state index in [1.54, 1.807) is 6.07 Å². The van der Waals surface area contributed by atoms with Gasteiger partial charge in [-0.15, -0.1) is 0 Å². The van der Waals surface area contributed by atoms with E-state index >= 15 is 0 Å². The van der Waals surface area contributed by atoms with Crippen LogP contribution in [0.4, 0.5) is 4.39 Å². The van der Waals surface area contributed by atoms with E-state index in [0.717, 1.165) is 24.8 Å². The summed E-state index contributed by atoms with van der Waals surface area (Å²) in [6.07, 6.45) is 3.78. The zero-order valence-electron chi connectivity index (χ0n) is 11.3. The second-order valence-electron chi connectivity index (χ2n) is 5.22. The van der Waals surface area contributed by atoms with Gasteiger partial charge in [0, 0.05) is 12.6 Å². The van der Waals surface area contributed by atoms with Crippen LogP contribution in [0.5, 0.6) is 0 Å². The molecule has 0 aliphatic carbocycles. The summed E-state index contributed by atoms with van der Waals surface area (Å²) in [4.78, 5) is 12.0. The molecule has 1 fully saturated rings. The SMILES string of the molecule is CC1CCCC(C(=O)NCCc2cccc(F)c2)N1. The lowest BCUT2D eigenvalue weighted by atomic mass is 9.99. The van der Waals surface area contributed by atoms with Crippen LogP contribution < -0.4 is 10.6 Å². The van der Waals surface area contributed by atoms with Crippen molar-refractivity contribution in [3.05, 3.63) is 35.6 Å². The molecule has 1 aromatic rings. The standard InChI is InChI=1S/C15H21FN2O/c1-11-4-2-7-14(18-11)15(19)17-9-8-12-5-3-6-13(16)10-12/h3,5-6,10-11,14,18H,2,4,7-9H2,1H3,(H,17,19). The molecule has 0 radical (unpaired) electrons. The second kappa shape index (κ2) is 6.66. The summed E-state index contributed by atoms with van der Waals surface area (Å²) in [5.74, 6) is -0.172. The van der Waals surface area contributed by atoms with E-state index in [1.807, 2.05) is 6.07 Å². The maximum atomic E-state index is 13.0. The monoisotopic (exact) mass is 264 g/mol. The van der Waals surface area contributed by atoms with Crippen LogP contribution in [0.2, 0.25) is 0 Å². The van der Waals surface area contributed by atoms with Crippen molar-refractivity contribution < 1.29 is 9.18 Å². The number of carbonyl (C=O) groups excluding carboxylic acids is 1. The fourth-order valence-corrected chi connectivity index (χ4v) is 2.49. The number of hydrogen-bond donors (Lipinski definition) is 2. The first-order valence-corrected chi connectivity index (χ1v) is 6.93. The topological polar surface area (TPSA) is 41.1 Å². The van der Waals surface area contributed by atoms with Gasteiger partial charge in [0.15, 0.2) is 0 Å². The maximum absolute atomic E-state index is 13.0. The molecule has 1 aliphatic rings. The molecule has 1 heterocycles. The van der Waals surface area contributed by atoms with Crippen LogP contribution in [-0.2, 0) is 11.2 Å². The van der Waals surface area contributed by atoms with Crippen LogP contribution in [0.1, 0.15) is 31.7 Å². The molecule has 3 nitrogen and oxygen atoms in total. The largest absolute Gasteiger partial charge is 0.354 e. The van der Waals surface area contributed by atoms with Crippen LogP contribution in [0.25, 0.3) is 0 Å². The lowest BCUT2D eigenvalue weighted by molar-refractivity contribution is -0.123. The van der Waals surface area contributed by atoms with E-state index in [-0.39, 0.29) is 17.8 Å². The third kappa shape index (κ3) is 4.31. The Balaban J connectivity index is 1.74. The minimum atomic E-state index is -0.230. The van der Waals surface area contributed by atoms with Crippen LogP contribution in [0, 0.1) is 5.82 Å². The van der Waals surface area contributed by atoms with E-state index in [1.165, 1.54) is 12.1 Å². The van der Waals surface area contributed by atoms with Gasteiger partial charge < -0.3 is 10.6 Å². The molecule has 2 unspecified atom stereocenters. The van der Waals surface area contributed by atoms with Gasteiger partial charge in [-0.25, -0.2) is 4.39 Å². The van der Waals surface area contributed by atoms with Gasteiger partial charge >= 0.3 is 0 Å². The number of nitrogens with one attached hydrogen (secondary N) is 2. The van der Waals surface area contributed by atoms with Gasteiger partial charge in [0.05, 0.1) is 6.04 Å². The van der Waals surface area contributed by atoms with Crippen LogP contribution in [0.3, 0.4) is 0 Å². The van der Waals surface area contributed by atoms with Crippen molar-refractivity contribution in [2.24, 2.45) is 0 Å². The first-order chi connectivity index (χ1) is 9.15. The zero-order valence-corrected chi connectivity index (χ0v) is 11.3. The molecule has 2 atom stereocenters. The number of amides is 1. The molecule has 1 aromatic carbocycles. The van der Waals surface area contributed by atoms with Crippen molar-refractivity contribution in [3.8, 4) is 0 Å². The average Bonchev–Trinajstić information content (AvgIpc) is 2.38. The number of halogens is 1. The molecule has 0 bridgehead atoms. The highest BCUT2D eigenvalue weighted by Gasteiger charge is 2.23. The third-order valence-corrected chi connectivity index (χ3v) is 3.53. The third-order valence-electron chi connectivity index (χ3n) is 3.53. The summed E-state index contributed by atoms with van der Waals surface area (Å²) in [5, 5.41) is 6.22. The molecule has 1 amide bonds. The highest BCUT2D eigenvalue weighted by atomic mass is 19.1. The van der Waals surface area contributed by atoms with Gasteiger partial charge in [0.25, 0.3) is 0 Å². The van der Waals surface area contributed by atoms with Crippen molar-refractivity contribution in [3.63, 3.8) is 0 Å². The van der Waals surface area contributed by atoms with Crippen molar-refractivity contribution in [2.75, 3.05) is 6.54 Å². The molecule has 104 valence electrons. The summed E-state index contributed by atoms with van der Waals surface area (Å²) in [7, 11) is 0. The Labute approximate surface area is 113 Å². The molecule has 2 rings (SSSR count). The second-order valence-corrected chi connectivity index (χ2v) is 5.22. The van der Waals surface area contributed by atoms with E-state index < -0.39 is 0 Å². The quantitative estimate of drug-likeness (QED) is 0.873. The Kier molecular flexibility index (Phi) is 4.91. The van der Waals surface area contributed by atoms with Gasteiger partial charge in [0.2, 0.25) is 5.91 Å². The normalized spacial score (nSPS) is 23.1. The van der Waals surface area contributed by atoms with Crippen molar-refractivity contribution in [1.82, 2.24) is 10.6 Å². The lowest BCUT2D eigenvalue weighted by Crippen LogP contribution is -2.50. The smallest absolute Gasteiger partial charge is 0.237 e. The average molecular weight is 264 g/mol. The number of hydrogen-bond acceptors (Lipinski definition) is 2. The van der Waals surface area contributed by atoms with Crippen LogP contribution in [0.15, 0.2) is 24.3 Å². The van der Waals surface area contributed by atoms with Gasteiger partial charge in [0.1, 0.15) is 5.82 Å². The molecule has 0 spiro atoms. The summed E-state index contributed by atoms with van der Waals surface area (Å²) in [6.45, 7) is 2.65. The van der Waals surface area contributed by atoms with E-state index in [9.17, 15) is 9.18 Å². The Hall–Kier alpha value is -1.42. The molecule has 1 saturated heterocycles. The Morgan fingerprint density at radius 1 is 1.47 bits per heavy atom. The fourth-order valence-electron chi connectivity index (χ4n) is 2.49. The Morgan fingerprint density at radius 3 is 3.05 bits per heavy atom. The molecule has 0 saturated carbocycles. The minimum Gasteiger partial charge on any atom is -0.354 e. The van der Waals surface area contributed by atoms with Crippen LogP contribution in [-0.4, -0.2) is 24.5 Å². The maximum Gasteiger partial charge on any atom is 0.237 e. The minimum absolute atomic E-state index is 0.0583. The molecular weight excluding hydrogens is 243 g/mol. The first kappa shape index (κ1) is 14.0. The molecule has 2 N–H and O–H groups in total. The van der Waals surface area contributed by atoms with Crippen molar-refractivity contribution >= 4 is 5.91 Å². The molecular formula is C15H21FN2O. The van der Waals surface area contributed by atoms with E-state index in [4.69, 9.17) is 0 Å². The Morgan fingerprint density at radius 2 is 2.32 bits per heavy atom. The molecule has 1 aliphatic heterocycles. The van der Waals surface area contributed by atoms with Gasteiger partial charge in [-0.05, 0) is 50.3 Å². The Bertz CT molecular complexity index is 436. The van der Waals surface area contributed by atoms with Gasteiger partial charge in [-0.3, -0.25) is 4.79 Å². The van der Waals surface area contributed by atoms with Gasteiger partial charge in [-0.1, -0.05) is 12.1 Å². The first-order valence-electron chi connectivity index (χ1n) is 6.93. The number of rotatable bonds is 4. The molecule has 4 heteroatoms. The number of piperidine rings is 1. The highest BCUT2D eigenvalue weighted by Crippen LogP contribution is 2.12. The summed E-state index contributed by atoms with van der Waals surface area (Å²) < 4.78 is 13.0. The highest BCUT2D eigenvalue weighted by molar-refractivity contribution is 5.81. The summed E-state index contributed by atoms with van der Waals surface area (Å²) >= 11 is 0. The van der Waals surface area contributed by atoms with Crippen LogP contribution >= 0.6 is 0 Å². The van der Waals surface area contributed by atoms with Crippen molar-refractivity contribution in [1.29, 1.82) is 0 Å². The van der Waals surface area contributed by atoms with E-state index in [2.05, 4.69) is 17.6 Å². The van der Waals surface area contributed by atoms with Gasteiger partial charge in [-0.2, -0.15) is 0 Å². The molecule has 19 heavy (non-hydrogen) atoms. The number of carbonyl (C=O) groups is 1. The zero-order chi connectivity index (χ0) is 13.7. The van der Waals surface area contributed by atoms with Crippen molar-refractivity contribution in [2.45, 2.75) is 44.7 Å². The predicted octanol–water partition coefficient (Wildman–Crippen LogP) is 2.02. The predicted molar refractivity (Wildman–Crippen MR) is 73.4 cm³/mol. The fraction of sp³-hybridized carbons (Fsp3) is 0.533. The number of benzene rings is 1.